The zero-order valence-corrected chi connectivity index (χ0v) is 23.9. The molecular weight excluding hydrogens is 554 g/mol. The third kappa shape index (κ3) is 6.70. The summed E-state index contributed by atoms with van der Waals surface area (Å²) in [5.41, 5.74) is 3.38. The van der Waals surface area contributed by atoms with Crippen LogP contribution in [0.1, 0.15) is 85.9 Å². The number of aromatic amines is 1. The molecule has 5 nitrogen and oxygen atoms in total. The van der Waals surface area contributed by atoms with Gasteiger partial charge in [-0.25, -0.2) is 12.8 Å². The Labute approximate surface area is 239 Å². The Morgan fingerprint density at radius 2 is 1.46 bits per heavy atom. The molecule has 5 rings (SSSR count). The molecule has 3 N–H and O–H groups in total. The number of halogens is 4. The third-order valence-corrected chi connectivity index (χ3v) is 10.3. The molecule has 10 heteroatoms. The average Bonchev–Trinajstić information content (AvgIpc) is 3.36. The zero-order valence-electron chi connectivity index (χ0n) is 23.0. The van der Waals surface area contributed by atoms with Crippen LogP contribution in [0, 0.1) is 5.82 Å². The van der Waals surface area contributed by atoms with E-state index in [1.54, 1.807) is 12.1 Å². The minimum Gasteiger partial charge on any atom is -0.360 e. The second-order valence-corrected chi connectivity index (χ2v) is 13.4. The minimum atomic E-state index is -4.90. The fourth-order valence-electron chi connectivity index (χ4n) is 6.31. The molecule has 1 fully saturated rings. The molecule has 0 amide bonds. The smallest absolute Gasteiger partial charge is 0.360 e. The fraction of sp³-hybridized carbons (Fsp3) is 0.484. The van der Waals surface area contributed by atoms with Crippen molar-refractivity contribution in [3.8, 4) is 0 Å². The number of fused-ring (bicyclic) bond motifs is 2. The van der Waals surface area contributed by atoms with E-state index in [9.17, 15) is 26.0 Å². The van der Waals surface area contributed by atoms with Crippen molar-refractivity contribution in [1.82, 2.24) is 15.6 Å². The third-order valence-electron chi connectivity index (χ3n) is 8.51. The summed E-state index contributed by atoms with van der Waals surface area (Å²) in [6.07, 6.45) is 6.64. The monoisotopic (exact) mass is 591 g/mol. The number of sulfone groups is 1. The predicted octanol–water partition coefficient (Wildman–Crippen LogP) is 7.16. The van der Waals surface area contributed by atoms with Crippen LogP contribution in [-0.2, 0) is 41.1 Å². The molecule has 2 heterocycles. The second-order valence-electron chi connectivity index (χ2n) is 11.4. The van der Waals surface area contributed by atoms with Gasteiger partial charge in [0.05, 0.1) is 15.4 Å². The van der Waals surface area contributed by atoms with Crippen LogP contribution in [0.2, 0.25) is 0 Å². The SMILES string of the molecule is O=S(=O)(c1ccc(CNCc2cc3c([nH]2)C2(CCCCCCCCC2)CNC3)cc1)c1ccc(C(F)(F)F)c(F)c1. The second kappa shape index (κ2) is 12.3. The number of hydrogen-bond donors (Lipinski definition) is 3. The van der Waals surface area contributed by atoms with Crippen molar-refractivity contribution < 1.29 is 26.0 Å². The van der Waals surface area contributed by atoms with E-state index in [4.69, 9.17) is 0 Å². The number of rotatable bonds is 6. The van der Waals surface area contributed by atoms with Gasteiger partial charge in [0.25, 0.3) is 0 Å². The van der Waals surface area contributed by atoms with Gasteiger partial charge in [-0.2, -0.15) is 13.2 Å². The first-order chi connectivity index (χ1) is 19.6. The number of hydrogen-bond acceptors (Lipinski definition) is 4. The van der Waals surface area contributed by atoms with Crippen molar-refractivity contribution in [2.45, 2.75) is 98.8 Å². The van der Waals surface area contributed by atoms with Gasteiger partial charge in [0, 0.05) is 43.0 Å². The van der Waals surface area contributed by atoms with Gasteiger partial charge in [-0.1, -0.05) is 57.1 Å². The summed E-state index contributed by atoms with van der Waals surface area (Å²) >= 11 is 0. The van der Waals surface area contributed by atoms with Crippen molar-refractivity contribution in [2.75, 3.05) is 6.54 Å². The van der Waals surface area contributed by atoms with Crippen molar-refractivity contribution in [3.63, 3.8) is 0 Å². The van der Waals surface area contributed by atoms with Crippen LogP contribution in [0.3, 0.4) is 0 Å². The van der Waals surface area contributed by atoms with Crippen LogP contribution in [0.5, 0.6) is 0 Å². The quantitative estimate of drug-likeness (QED) is 0.266. The Morgan fingerprint density at radius 3 is 2.10 bits per heavy atom. The Hall–Kier alpha value is -2.69. The summed E-state index contributed by atoms with van der Waals surface area (Å²) in [6, 6.07) is 9.99. The number of aromatic nitrogens is 1. The summed E-state index contributed by atoms with van der Waals surface area (Å²) in [5, 5.41) is 7.08. The van der Waals surface area contributed by atoms with Crippen LogP contribution in [0.15, 0.2) is 58.3 Å². The lowest BCUT2D eigenvalue weighted by Crippen LogP contribution is -2.43. The van der Waals surface area contributed by atoms with Gasteiger partial charge in [-0.05, 0) is 60.4 Å². The molecule has 1 spiro atoms. The first kappa shape index (κ1) is 29.8. The first-order valence-corrected chi connectivity index (χ1v) is 15.9. The molecule has 1 aliphatic heterocycles. The van der Waals surface area contributed by atoms with Gasteiger partial charge < -0.3 is 15.6 Å². The molecule has 41 heavy (non-hydrogen) atoms. The maximum absolute atomic E-state index is 14.0. The van der Waals surface area contributed by atoms with Crippen LogP contribution in [0.25, 0.3) is 0 Å². The Morgan fingerprint density at radius 1 is 0.829 bits per heavy atom. The predicted molar refractivity (Wildman–Crippen MR) is 150 cm³/mol. The molecule has 0 unspecified atom stereocenters. The standard InChI is InChI=1S/C31H37F4N3O2S/c32-28-17-26(12-13-27(28)31(33,34)35)41(39,40)25-10-8-22(9-11-25)18-36-20-24-16-23-19-37-21-30(29(23)38-24)14-6-4-2-1-3-5-7-15-30/h8-13,16-17,36-38H,1-7,14-15,18-21H2. The molecule has 2 aromatic carbocycles. The largest absolute Gasteiger partial charge is 0.419 e. The summed E-state index contributed by atoms with van der Waals surface area (Å²) < 4.78 is 78.3. The molecular formula is C31H37F4N3O2S. The lowest BCUT2D eigenvalue weighted by molar-refractivity contribution is -0.140. The molecule has 2 aliphatic rings. The number of nitrogens with one attached hydrogen (secondary N) is 3. The van der Waals surface area contributed by atoms with Gasteiger partial charge in [0.1, 0.15) is 5.82 Å². The van der Waals surface area contributed by atoms with E-state index in [1.165, 1.54) is 81.2 Å². The van der Waals surface area contributed by atoms with Gasteiger partial charge in [0.2, 0.25) is 9.84 Å². The van der Waals surface area contributed by atoms with Crippen molar-refractivity contribution in [2.24, 2.45) is 0 Å². The van der Waals surface area contributed by atoms with Crippen LogP contribution < -0.4 is 10.6 Å². The van der Waals surface area contributed by atoms with E-state index in [1.807, 2.05) is 0 Å². The van der Waals surface area contributed by atoms with Crippen LogP contribution in [-0.4, -0.2) is 19.9 Å². The first-order valence-electron chi connectivity index (χ1n) is 14.4. The Kier molecular flexibility index (Phi) is 8.92. The number of benzene rings is 2. The number of H-pyrrole nitrogens is 1. The molecule has 0 saturated heterocycles. The van der Waals surface area contributed by atoms with Crippen LogP contribution in [0.4, 0.5) is 17.6 Å². The molecule has 222 valence electrons. The highest BCUT2D eigenvalue weighted by Gasteiger charge is 2.38. The van der Waals surface area contributed by atoms with Gasteiger partial charge in [0.15, 0.2) is 0 Å². The molecule has 0 bridgehead atoms. The molecule has 3 aromatic rings. The molecule has 1 aromatic heterocycles. The molecule has 1 saturated carbocycles. The topological polar surface area (TPSA) is 74.0 Å². The van der Waals surface area contributed by atoms with Gasteiger partial charge in [-0.15, -0.1) is 0 Å². The molecule has 1 aliphatic carbocycles. The highest BCUT2D eigenvalue weighted by molar-refractivity contribution is 7.91. The van der Waals surface area contributed by atoms with E-state index in [-0.39, 0.29) is 10.3 Å². The Bertz CT molecular complexity index is 1440. The Balaban J connectivity index is 1.22. The van der Waals surface area contributed by atoms with E-state index in [0.29, 0.717) is 25.2 Å². The summed E-state index contributed by atoms with van der Waals surface area (Å²) in [6.45, 7) is 3.02. The van der Waals surface area contributed by atoms with Gasteiger partial charge >= 0.3 is 6.18 Å². The zero-order chi connectivity index (χ0) is 29.1. The maximum Gasteiger partial charge on any atom is 0.419 e. The summed E-state index contributed by atoms with van der Waals surface area (Å²) in [5.74, 6) is -1.62. The van der Waals surface area contributed by atoms with Crippen molar-refractivity contribution in [1.29, 1.82) is 0 Å². The molecule has 0 atom stereocenters. The average molecular weight is 592 g/mol. The number of alkyl halides is 3. The van der Waals surface area contributed by atoms with E-state index < -0.39 is 32.3 Å². The maximum atomic E-state index is 14.0. The summed E-state index contributed by atoms with van der Waals surface area (Å²) in [7, 11) is -4.17. The van der Waals surface area contributed by atoms with Crippen molar-refractivity contribution in [3.05, 3.63) is 82.4 Å². The summed E-state index contributed by atoms with van der Waals surface area (Å²) in [4.78, 5) is 3.12. The van der Waals surface area contributed by atoms with E-state index in [2.05, 4.69) is 21.7 Å². The minimum absolute atomic E-state index is 0.110. The van der Waals surface area contributed by atoms with Crippen LogP contribution >= 0.6 is 0 Å². The normalized spacial score (nSPS) is 18.2. The van der Waals surface area contributed by atoms with E-state index >= 15 is 0 Å². The fourth-order valence-corrected chi connectivity index (χ4v) is 7.58. The van der Waals surface area contributed by atoms with E-state index in [0.717, 1.165) is 30.4 Å². The van der Waals surface area contributed by atoms with Crippen molar-refractivity contribution >= 4 is 9.84 Å². The highest BCUT2D eigenvalue weighted by Crippen LogP contribution is 2.40. The lowest BCUT2D eigenvalue weighted by atomic mass is 9.72. The highest BCUT2D eigenvalue weighted by atomic mass is 32.2. The lowest BCUT2D eigenvalue weighted by Gasteiger charge is -2.38. The van der Waals surface area contributed by atoms with Gasteiger partial charge in [-0.3, -0.25) is 0 Å². The molecule has 0 radical (unpaired) electrons.